The summed E-state index contributed by atoms with van der Waals surface area (Å²) in [5, 5.41) is 0. The van der Waals surface area contributed by atoms with Crippen LogP contribution in [0.5, 0.6) is 0 Å². The Labute approximate surface area is 135 Å². The molecule has 0 bridgehead atoms. The zero-order chi connectivity index (χ0) is 16.4. The standard InChI is InChI=1S/C21H30O/c1-6-21(15-17(3)22,18-12-8-7-9-13-18)19-16(2)11-10-14-20(19,4)5/h7-9,11-13,19H,6,10,14-15H2,1-5H3. The van der Waals surface area contributed by atoms with Gasteiger partial charge in [-0.1, -0.05) is 62.8 Å². The van der Waals surface area contributed by atoms with Crippen LogP contribution in [-0.4, -0.2) is 5.78 Å². The average molecular weight is 298 g/mol. The summed E-state index contributed by atoms with van der Waals surface area (Å²) in [6.07, 6.45) is 6.37. The summed E-state index contributed by atoms with van der Waals surface area (Å²) >= 11 is 0. The minimum Gasteiger partial charge on any atom is -0.300 e. The summed E-state index contributed by atoms with van der Waals surface area (Å²) in [4.78, 5) is 12.1. The molecule has 1 aromatic rings. The predicted octanol–water partition coefficient (Wildman–Crippen LogP) is 5.70. The number of rotatable bonds is 5. The van der Waals surface area contributed by atoms with E-state index in [4.69, 9.17) is 0 Å². The zero-order valence-electron chi connectivity index (χ0n) is 14.8. The van der Waals surface area contributed by atoms with Crippen molar-refractivity contribution in [2.24, 2.45) is 11.3 Å². The predicted molar refractivity (Wildman–Crippen MR) is 94.0 cm³/mol. The fourth-order valence-corrected chi connectivity index (χ4v) is 4.85. The lowest BCUT2D eigenvalue weighted by atomic mass is 9.53. The Morgan fingerprint density at radius 2 is 1.91 bits per heavy atom. The molecule has 0 amide bonds. The highest BCUT2D eigenvalue weighted by atomic mass is 16.1. The van der Waals surface area contributed by atoms with Crippen LogP contribution in [0.1, 0.15) is 65.9 Å². The summed E-state index contributed by atoms with van der Waals surface area (Å²) in [5.41, 5.74) is 2.92. The molecular formula is C21H30O. The van der Waals surface area contributed by atoms with Gasteiger partial charge in [0.05, 0.1) is 0 Å². The number of hydrogen-bond acceptors (Lipinski definition) is 1. The van der Waals surface area contributed by atoms with Gasteiger partial charge in [-0.05, 0) is 50.0 Å². The minimum absolute atomic E-state index is 0.0857. The molecule has 2 rings (SSSR count). The lowest BCUT2D eigenvalue weighted by Crippen LogP contribution is -2.46. The van der Waals surface area contributed by atoms with E-state index >= 15 is 0 Å². The molecule has 0 N–H and O–H groups in total. The van der Waals surface area contributed by atoms with Crippen LogP contribution < -0.4 is 0 Å². The Balaban J connectivity index is 2.64. The molecule has 22 heavy (non-hydrogen) atoms. The molecule has 0 saturated heterocycles. The van der Waals surface area contributed by atoms with Crippen molar-refractivity contribution in [3.8, 4) is 0 Å². The third-order valence-electron chi connectivity index (χ3n) is 5.59. The number of allylic oxidation sites excluding steroid dienone is 2. The largest absolute Gasteiger partial charge is 0.300 e. The summed E-state index contributed by atoms with van der Waals surface area (Å²) in [6, 6.07) is 10.7. The van der Waals surface area contributed by atoms with E-state index in [1.54, 1.807) is 6.92 Å². The summed E-state index contributed by atoms with van der Waals surface area (Å²) in [7, 11) is 0. The topological polar surface area (TPSA) is 17.1 Å². The lowest BCUT2D eigenvalue weighted by molar-refractivity contribution is -0.119. The zero-order valence-corrected chi connectivity index (χ0v) is 14.8. The Kier molecular flexibility index (Phi) is 4.94. The van der Waals surface area contributed by atoms with E-state index in [0.29, 0.717) is 18.1 Å². The van der Waals surface area contributed by atoms with E-state index in [9.17, 15) is 4.79 Å². The maximum Gasteiger partial charge on any atom is 0.130 e. The molecule has 2 atom stereocenters. The second kappa shape index (κ2) is 6.40. The van der Waals surface area contributed by atoms with Crippen LogP contribution in [0.25, 0.3) is 0 Å². The lowest BCUT2D eigenvalue weighted by Gasteiger charge is -2.51. The van der Waals surface area contributed by atoms with Crippen LogP contribution >= 0.6 is 0 Å². The summed E-state index contributed by atoms with van der Waals surface area (Å²) < 4.78 is 0. The van der Waals surface area contributed by atoms with Gasteiger partial charge < -0.3 is 0 Å². The van der Waals surface area contributed by atoms with Crippen LogP contribution in [0.2, 0.25) is 0 Å². The molecule has 0 saturated carbocycles. The van der Waals surface area contributed by atoms with Gasteiger partial charge in [-0.3, -0.25) is 4.79 Å². The highest BCUT2D eigenvalue weighted by Crippen LogP contribution is 2.54. The number of benzene rings is 1. The van der Waals surface area contributed by atoms with E-state index in [2.05, 4.69) is 64.1 Å². The van der Waals surface area contributed by atoms with Gasteiger partial charge >= 0.3 is 0 Å². The monoisotopic (exact) mass is 298 g/mol. The Bertz CT molecular complexity index is 553. The Morgan fingerprint density at radius 1 is 1.27 bits per heavy atom. The van der Waals surface area contributed by atoms with Crippen molar-refractivity contribution >= 4 is 5.78 Å². The van der Waals surface area contributed by atoms with Crippen molar-refractivity contribution in [2.45, 2.75) is 65.7 Å². The highest BCUT2D eigenvalue weighted by Gasteiger charge is 2.48. The fourth-order valence-electron chi connectivity index (χ4n) is 4.85. The first-order valence-corrected chi connectivity index (χ1v) is 8.55. The first-order valence-electron chi connectivity index (χ1n) is 8.55. The van der Waals surface area contributed by atoms with Crippen LogP contribution in [0.3, 0.4) is 0 Å². The van der Waals surface area contributed by atoms with Crippen molar-refractivity contribution in [2.75, 3.05) is 0 Å². The quantitative estimate of drug-likeness (QED) is 0.638. The van der Waals surface area contributed by atoms with Gasteiger partial charge in [-0.15, -0.1) is 0 Å². The SMILES string of the molecule is CCC(CC(C)=O)(c1ccccc1)C1C(C)=CCCC1(C)C. The summed E-state index contributed by atoms with van der Waals surface area (Å²) in [6.45, 7) is 11.0. The van der Waals surface area contributed by atoms with E-state index in [1.807, 2.05) is 0 Å². The van der Waals surface area contributed by atoms with Crippen LogP contribution in [0.15, 0.2) is 42.0 Å². The molecule has 0 aromatic heterocycles. The first kappa shape index (κ1) is 17.0. The molecule has 2 unspecified atom stereocenters. The molecule has 0 aliphatic heterocycles. The molecule has 0 spiro atoms. The van der Waals surface area contributed by atoms with Gasteiger partial charge in [-0.2, -0.15) is 0 Å². The van der Waals surface area contributed by atoms with Gasteiger partial charge in [-0.25, -0.2) is 0 Å². The number of carbonyl (C=O) groups excluding carboxylic acids is 1. The maximum atomic E-state index is 12.1. The number of carbonyl (C=O) groups is 1. The van der Waals surface area contributed by atoms with Crippen LogP contribution in [-0.2, 0) is 10.2 Å². The molecule has 0 heterocycles. The fraction of sp³-hybridized carbons (Fsp3) is 0.571. The van der Waals surface area contributed by atoms with E-state index in [1.165, 1.54) is 17.6 Å². The minimum atomic E-state index is -0.0857. The average Bonchev–Trinajstić information content (AvgIpc) is 2.45. The molecule has 120 valence electrons. The van der Waals surface area contributed by atoms with Crippen molar-refractivity contribution < 1.29 is 4.79 Å². The van der Waals surface area contributed by atoms with Crippen molar-refractivity contribution in [1.29, 1.82) is 0 Å². The molecule has 1 aliphatic rings. The summed E-state index contributed by atoms with van der Waals surface area (Å²) in [5.74, 6) is 0.713. The molecule has 0 fully saturated rings. The maximum absolute atomic E-state index is 12.1. The smallest absolute Gasteiger partial charge is 0.130 e. The van der Waals surface area contributed by atoms with Crippen molar-refractivity contribution in [3.05, 3.63) is 47.5 Å². The number of hydrogen-bond donors (Lipinski definition) is 0. The Hall–Kier alpha value is -1.37. The van der Waals surface area contributed by atoms with Crippen molar-refractivity contribution in [3.63, 3.8) is 0 Å². The van der Waals surface area contributed by atoms with E-state index in [-0.39, 0.29) is 10.8 Å². The van der Waals surface area contributed by atoms with Gasteiger partial charge in [0.1, 0.15) is 5.78 Å². The normalized spacial score (nSPS) is 23.5. The molecule has 1 aromatic carbocycles. The molecule has 0 radical (unpaired) electrons. The van der Waals surface area contributed by atoms with Gasteiger partial charge in [0, 0.05) is 11.8 Å². The van der Waals surface area contributed by atoms with Crippen LogP contribution in [0, 0.1) is 11.3 Å². The molecule has 1 nitrogen and oxygen atoms in total. The third kappa shape index (κ3) is 3.04. The number of ketones is 1. The van der Waals surface area contributed by atoms with Crippen molar-refractivity contribution in [1.82, 2.24) is 0 Å². The molecular weight excluding hydrogens is 268 g/mol. The molecule has 1 heteroatoms. The third-order valence-corrected chi connectivity index (χ3v) is 5.59. The second-order valence-corrected chi connectivity index (χ2v) is 7.66. The second-order valence-electron chi connectivity index (χ2n) is 7.66. The van der Waals surface area contributed by atoms with Gasteiger partial charge in [0.15, 0.2) is 0 Å². The highest BCUT2D eigenvalue weighted by molar-refractivity contribution is 5.77. The van der Waals surface area contributed by atoms with Gasteiger partial charge in [0.25, 0.3) is 0 Å². The molecule has 1 aliphatic carbocycles. The Morgan fingerprint density at radius 3 is 2.41 bits per heavy atom. The first-order chi connectivity index (χ1) is 10.3. The van der Waals surface area contributed by atoms with Crippen LogP contribution in [0.4, 0.5) is 0 Å². The number of Topliss-reactive ketones (excluding diaryl/α,β-unsaturated/α-hetero) is 1. The van der Waals surface area contributed by atoms with Gasteiger partial charge in [0.2, 0.25) is 0 Å². The van der Waals surface area contributed by atoms with E-state index < -0.39 is 0 Å². The van der Waals surface area contributed by atoms with E-state index in [0.717, 1.165) is 12.8 Å².